The van der Waals surface area contributed by atoms with Gasteiger partial charge in [-0.15, -0.1) is 0 Å². The standard InChI is InChI=1S/C40H54N4O4/c1-7-9-19-47-39-27-34(38-24-30-14-16-32(26-36(30)42-38)46-22-12-18-44(5)6)40(48-20-10-8-2)28-33(39)37-23-29-13-15-31(25-35(29)41-37)45-21-11-17-43(3)4/h13-16,25-28H,7-12,17-24H2,1-6H3. The molecule has 0 radical (unpaired) electrons. The molecule has 0 N–H and O–H groups in total. The molecule has 258 valence electrons. The first-order chi connectivity index (χ1) is 23.3. The second kappa shape index (κ2) is 17.5. The molecule has 0 bridgehead atoms. The SMILES string of the molecule is CCCCOc1cc(C2=Nc3cc(OCCCN(C)C)ccc3C2)c(OCCCC)cc1C1=Nc2cc(OCCCN(C)C)ccc2C1. The number of hydrogen-bond donors (Lipinski definition) is 0. The lowest BCUT2D eigenvalue weighted by molar-refractivity contribution is 0.281. The van der Waals surface area contributed by atoms with Crippen molar-refractivity contribution in [2.24, 2.45) is 9.98 Å². The summed E-state index contributed by atoms with van der Waals surface area (Å²) in [4.78, 5) is 14.6. The molecule has 8 nitrogen and oxygen atoms in total. The van der Waals surface area contributed by atoms with Gasteiger partial charge in [-0.3, -0.25) is 9.98 Å². The van der Waals surface area contributed by atoms with Crippen LogP contribution in [0.25, 0.3) is 0 Å². The minimum atomic E-state index is 0.644. The van der Waals surface area contributed by atoms with E-state index in [-0.39, 0.29) is 0 Å². The van der Waals surface area contributed by atoms with Gasteiger partial charge in [0.1, 0.15) is 23.0 Å². The van der Waals surface area contributed by atoms with Crippen molar-refractivity contribution in [1.82, 2.24) is 9.80 Å². The van der Waals surface area contributed by atoms with Crippen molar-refractivity contribution in [3.63, 3.8) is 0 Å². The van der Waals surface area contributed by atoms with Gasteiger partial charge in [-0.25, -0.2) is 0 Å². The number of unbranched alkanes of at least 4 members (excludes halogenated alkanes) is 2. The molecule has 3 aromatic carbocycles. The van der Waals surface area contributed by atoms with Crippen molar-refractivity contribution in [3.05, 3.63) is 70.8 Å². The van der Waals surface area contributed by atoms with E-state index in [9.17, 15) is 0 Å². The highest BCUT2D eigenvalue weighted by Crippen LogP contribution is 2.40. The maximum atomic E-state index is 6.50. The van der Waals surface area contributed by atoms with Gasteiger partial charge in [0, 0.05) is 49.2 Å². The predicted molar refractivity (Wildman–Crippen MR) is 197 cm³/mol. The second-order valence-electron chi connectivity index (χ2n) is 13.3. The molecule has 2 heterocycles. The minimum Gasteiger partial charge on any atom is -0.493 e. The number of hydrogen-bond acceptors (Lipinski definition) is 8. The lowest BCUT2D eigenvalue weighted by Crippen LogP contribution is -2.15. The quantitative estimate of drug-likeness (QED) is 0.115. The lowest BCUT2D eigenvalue weighted by atomic mass is 9.97. The van der Waals surface area contributed by atoms with E-state index in [2.05, 4.69) is 100 Å². The summed E-state index contributed by atoms with van der Waals surface area (Å²) < 4.78 is 25.1. The van der Waals surface area contributed by atoms with Gasteiger partial charge in [0.2, 0.25) is 0 Å². The minimum absolute atomic E-state index is 0.644. The Morgan fingerprint density at radius 3 is 1.35 bits per heavy atom. The van der Waals surface area contributed by atoms with Crippen LogP contribution in [0.4, 0.5) is 11.4 Å². The zero-order valence-electron chi connectivity index (χ0n) is 29.9. The Balaban J connectivity index is 1.43. The van der Waals surface area contributed by atoms with Crippen LogP contribution >= 0.6 is 0 Å². The summed E-state index contributed by atoms with van der Waals surface area (Å²) in [5.74, 6) is 3.38. The van der Waals surface area contributed by atoms with E-state index in [1.165, 1.54) is 11.1 Å². The number of benzene rings is 3. The van der Waals surface area contributed by atoms with Crippen molar-refractivity contribution in [1.29, 1.82) is 0 Å². The smallest absolute Gasteiger partial charge is 0.129 e. The number of nitrogens with zero attached hydrogens (tertiary/aromatic N) is 4. The molecular formula is C40H54N4O4. The molecule has 0 amide bonds. The number of rotatable bonds is 20. The van der Waals surface area contributed by atoms with Crippen molar-refractivity contribution in [3.8, 4) is 23.0 Å². The Morgan fingerprint density at radius 1 is 0.542 bits per heavy atom. The largest absolute Gasteiger partial charge is 0.493 e. The van der Waals surface area contributed by atoms with Crippen molar-refractivity contribution in [2.45, 2.75) is 65.2 Å². The third-order valence-electron chi connectivity index (χ3n) is 8.59. The fourth-order valence-corrected chi connectivity index (χ4v) is 5.86. The summed E-state index contributed by atoms with van der Waals surface area (Å²) in [6, 6.07) is 16.8. The third kappa shape index (κ3) is 9.60. The highest BCUT2D eigenvalue weighted by atomic mass is 16.5. The van der Waals surface area contributed by atoms with Crippen molar-refractivity contribution in [2.75, 3.05) is 67.7 Å². The molecule has 0 saturated heterocycles. The summed E-state index contributed by atoms with van der Waals surface area (Å²) in [7, 11) is 8.33. The van der Waals surface area contributed by atoms with Crippen molar-refractivity contribution < 1.29 is 18.9 Å². The maximum Gasteiger partial charge on any atom is 0.129 e. The van der Waals surface area contributed by atoms with Gasteiger partial charge in [-0.2, -0.15) is 0 Å². The van der Waals surface area contributed by atoms with Crippen LogP contribution in [-0.4, -0.2) is 88.9 Å². The van der Waals surface area contributed by atoms with Crippen LogP contribution in [0.2, 0.25) is 0 Å². The first-order valence-electron chi connectivity index (χ1n) is 17.7. The second-order valence-corrected chi connectivity index (χ2v) is 13.3. The van der Waals surface area contributed by atoms with Gasteiger partial charge in [0.05, 0.1) is 49.2 Å². The maximum absolute atomic E-state index is 6.50. The van der Waals surface area contributed by atoms with Crippen LogP contribution in [0, 0.1) is 0 Å². The molecule has 3 aromatic rings. The zero-order valence-corrected chi connectivity index (χ0v) is 29.9. The Hall–Kier alpha value is -3.88. The van der Waals surface area contributed by atoms with E-state index in [4.69, 9.17) is 28.9 Å². The van der Waals surface area contributed by atoms with E-state index < -0.39 is 0 Å². The summed E-state index contributed by atoms with van der Waals surface area (Å²) in [6.45, 7) is 9.02. The highest BCUT2D eigenvalue weighted by molar-refractivity contribution is 6.12. The van der Waals surface area contributed by atoms with Gasteiger partial charge in [0.25, 0.3) is 0 Å². The van der Waals surface area contributed by atoms with Gasteiger partial charge in [-0.05, 0) is 89.3 Å². The van der Waals surface area contributed by atoms with Gasteiger partial charge >= 0.3 is 0 Å². The van der Waals surface area contributed by atoms with Crippen LogP contribution in [-0.2, 0) is 12.8 Å². The van der Waals surface area contributed by atoms with Crippen LogP contribution in [0.1, 0.15) is 74.6 Å². The van der Waals surface area contributed by atoms with Gasteiger partial charge < -0.3 is 28.7 Å². The Labute approximate surface area is 287 Å². The average Bonchev–Trinajstić information content (AvgIpc) is 3.69. The molecular weight excluding hydrogens is 600 g/mol. The molecule has 48 heavy (non-hydrogen) atoms. The molecule has 0 saturated carbocycles. The predicted octanol–water partition coefficient (Wildman–Crippen LogP) is 8.06. The zero-order chi connectivity index (χ0) is 33.9. The summed E-state index contributed by atoms with van der Waals surface area (Å²) in [5, 5.41) is 0. The fraction of sp³-hybridized carbons (Fsp3) is 0.500. The van der Waals surface area contributed by atoms with Crippen LogP contribution in [0.5, 0.6) is 23.0 Å². The average molecular weight is 655 g/mol. The Morgan fingerprint density at radius 2 is 0.958 bits per heavy atom. The Kier molecular flexibility index (Phi) is 12.9. The molecule has 8 heteroatoms. The third-order valence-corrected chi connectivity index (χ3v) is 8.59. The normalized spacial score (nSPS) is 13.4. The Bertz CT molecular complexity index is 1460. The van der Waals surface area contributed by atoms with Crippen LogP contribution < -0.4 is 18.9 Å². The molecule has 5 rings (SSSR count). The summed E-state index contributed by atoms with van der Waals surface area (Å²) in [5.41, 5.74) is 8.24. The van der Waals surface area contributed by atoms with E-state index in [1.54, 1.807) is 0 Å². The molecule has 0 atom stereocenters. The van der Waals surface area contributed by atoms with E-state index >= 15 is 0 Å². The van der Waals surface area contributed by atoms with E-state index in [0.29, 0.717) is 26.4 Å². The molecule has 0 spiro atoms. The molecule has 2 aliphatic heterocycles. The monoisotopic (exact) mass is 654 g/mol. The van der Waals surface area contributed by atoms with Gasteiger partial charge in [0.15, 0.2) is 0 Å². The number of fused-ring (bicyclic) bond motifs is 2. The van der Waals surface area contributed by atoms with E-state index in [1.807, 2.05) is 0 Å². The molecule has 2 aliphatic rings. The van der Waals surface area contributed by atoms with Crippen LogP contribution in [0.15, 0.2) is 58.5 Å². The fourth-order valence-electron chi connectivity index (χ4n) is 5.86. The molecule has 0 aromatic heterocycles. The molecule has 0 unspecified atom stereocenters. The van der Waals surface area contributed by atoms with Crippen molar-refractivity contribution >= 4 is 22.8 Å². The topological polar surface area (TPSA) is 68.1 Å². The number of ether oxygens (including phenoxy) is 4. The first-order valence-corrected chi connectivity index (χ1v) is 17.7. The van der Waals surface area contributed by atoms with E-state index in [0.717, 1.165) is 121 Å². The molecule has 0 fully saturated rings. The first kappa shape index (κ1) is 35.4. The number of aliphatic imine (C=N–C) groups is 2. The summed E-state index contributed by atoms with van der Waals surface area (Å²) >= 11 is 0. The molecule has 0 aliphatic carbocycles. The lowest BCUT2D eigenvalue weighted by Gasteiger charge is -2.18. The van der Waals surface area contributed by atoms with Crippen LogP contribution in [0.3, 0.4) is 0 Å². The van der Waals surface area contributed by atoms with Gasteiger partial charge in [-0.1, -0.05) is 38.8 Å². The summed E-state index contributed by atoms with van der Waals surface area (Å²) in [6.07, 6.45) is 7.51. The highest BCUT2D eigenvalue weighted by Gasteiger charge is 2.26.